The predicted molar refractivity (Wildman–Crippen MR) is 79.3 cm³/mol. The van der Waals surface area contributed by atoms with Gasteiger partial charge in [0, 0.05) is 16.6 Å². The molecule has 3 nitrogen and oxygen atoms in total. The quantitative estimate of drug-likeness (QED) is 0.911. The van der Waals surface area contributed by atoms with E-state index in [9.17, 15) is 12.8 Å². The van der Waals surface area contributed by atoms with Gasteiger partial charge in [0.15, 0.2) is 0 Å². The van der Waals surface area contributed by atoms with E-state index in [1.807, 2.05) is 6.92 Å². The number of hydrogen-bond donors (Lipinski definition) is 1. The first-order chi connectivity index (χ1) is 9.38. The minimum absolute atomic E-state index is 0.0880. The summed E-state index contributed by atoms with van der Waals surface area (Å²) in [7, 11) is -3.63. The Morgan fingerprint density at radius 1 is 1.15 bits per heavy atom. The molecule has 0 aliphatic rings. The third-order valence-corrected chi connectivity index (χ3v) is 4.71. The van der Waals surface area contributed by atoms with Crippen molar-refractivity contribution in [1.82, 2.24) is 4.72 Å². The molecule has 0 aliphatic carbocycles. The van der Waals surface area contributed by atoms with Crippen molar-refractivity contribution in [3.8, 4) is 0 Å². The summed E-state index contributed by atoms with van der Waals surface area (Å²) in [6, 6.07) is 11.0. The number of halogens is 2. The lowest BCUT2D eigenvalue weighted by Gasteiger charge is -2.08. The van der Waals surface area contributed by atoms with Crippen LogP contribution < -0.4 is 4.72 Å². The highest BCUT2D eigenvalue weighted by atomic mass is 79.9. The maximum Gasteiger partial charge on any atom is 0.240 e. The van der Waals surface area contributed by atoms with Gasteiger partial charge in [0.05, 0.1) is 4.90 Å². The standard InChI is InChI=1S/C14H13BrFNO2S/c1-10-2-6-13(7-3-10)20(18,19)17-9-11-4-5-12(15)8-14(11)16/h2-8,17H,9H2,1H3. The van der Waals surface area contributed by atoms with E-state index in [-0.39, 0.29) is 11.4 Å². The Morgan fingerprint density at radius 3 is 2.40 bits per heavy atom. The Labute approximate surface area is 126 Å². The molecule has 0 fully saturated rings. The molecule has 0 unspecified atom stereocenters. The van der Waals surface area contributed by atoms with Crippen LogP contribution in [0.25, 0.3) is 0 Å². The van der Waals surface area contributed by atoms with Crippen molar-refractivity contribution in [2.75, 3.05) is 0 Å². The second kappa shape index (κ2) is 6.03. The third-order valence-electron chi connectivity index (χ3n) is 2.80. The zero-order chi connectivity index (χ0) is 14.8. The Morgan fingerprint density at radius 2 is 1.80 bits per heavy atom. The van der Waals surface area contributed by atoms with Crippen molar-refractivity contribution in [2.45, 2.75) is 18.4 Å². The highest BCUT2D eigenvalue weighted by Gasteiger charge is 2.14. The van der Waals surface area contributed by atoms with Crippen LogP contribution >= 0.6 is 15.9 Å². The average molecular weight is 358 g/mol. The fourth-order valence-corrected chi connectivity index (χ4v) is 2.98. The number of rotatable bonds is 4. The lowest BCUT2D eigenvalue weighted by molar-refractivity contribution is 0.574. The van der Waals surface area contributed by atoms with E-state index in [1.165, 1.54) is 24.3 Å². The number of benzene rings is 2. The zero-order valence-electron chi connectivity index (χ0n) is 10.7. The van der Waals surface area contributed by atoms with Gasteiger partial charge in [-0.3, -0.25) is 0 Å². The maximum atomic E-state index is 13.6. The third kappa shape index (κ3) is 3.65. The SMILES string of the molecule is Cc1ccc(S(=O)(=O)NCc2ccc(Br)cc2F)cc1. The van der Waals surface area contributed by atoms with E-state index >= 15 is 0 Å². The summed E-state index contributed by atoms with van der Waals surface area (Å²) < 4.78 is 40.7. The van der Waals surface area contributed by atoms with Gasteiger partial charge in [-0.05, 0) is 31.2 Å². The fourth-order valence-electron chi connectivity index (χ4n) is 1.64. The number of sulfonamides is 1. The summed E-state index contributed by atoms with van der Waals surface area (Å²) in [6.07, 6.45) is 0. The fraction of sp³-hybridized carbons (Fsp3) is 0.143. The van der Waals surface area contributed by atoms with Crippen LogP contribution in [0.2, 0.25) is 0 Å². The lowest BCUT2D eigenvalue weighted by Crippen LogP contribution is -2.23. The maximum absolute atomic E-state index is 13.6. The van der Waals surface area contributed by atoms with Crippen LogP contribution in [0.3, 0.4) is 0 Å². The van der Waals surface area contributed by atoms with E-state index in [0.717, 1.165) is 5.56 Å². The largest absolute Gasteiger partial charge is 0.240 e. The molecule has 1 N–H and O–H groups in total. The summed E-state index contributed by atoms with van der Waals surface area (Å²) >= 11 is 3.15. The van der Waals surface area contributed by atoms with E-state index in [1.54, 1.807) is 18.2 Å². The van der Waals surface area contributed by atoms with E-state index < -0.39 is 15.8 Å². The topological polar surface area (TPSA) is 46.2 Å². The molecule has 0 saturated carbocycles. The first kappa shape index (κ1) is 15.2. The molecule has 0 amide bonds. The van der Waals surface area contributed by atoms with Crippen LogP contribution in [0.1, 0.15) is 11.1 Å². The molecule has 0 aliphatic heterocycles. The highest BCUT2D eigenvalue weighted by molar-refractivity contribution is 9.10. The van der Waals surface area contributed by atoms with Gasteiger partial charge in [-0.15, -0.1) is 0 Å². The molecular formula is C14H13BrFNO2S. The number of hydrogen-bond acceptors (Lipinski definition) is 2. The Hall–Kier alpha value is -1.24. The summed E-state index contributed by atoms with van der Waals surface area (Å²) in [5.74, 6) is -0.453. The molecule has 0 radical (unpaired) electrons. The smallest absolute Gasteiger partial charge is 0.207 e. The van der Waals surface area contributed by atoms with Crippen molar-refractivity contribution in [2.24, 2.45) is 0 Å². The van der Waals surface area contributed by atoms with E-state index in [4.69, 9.17) is 0 Å². The summed E-state index contributed by atoms with van der Waals surface area (Å²) in [5.41, 5.74) is 1.27. The van der Waals surface area contributed by atoms with Crippen molar-refractivity contribution in [3.63, 3.8) is 0 Å². The van der Waals surface area contributed by atoms with Gasteiger partial charge in [0.1, 0.15) is 5.82 Å². The van der Waals surface area contributed by atoms with Crippen LogP contribution in [-0.4, -0.2) is 8.42 Å². The van der Waals surface area contributed by atoms with Crippen LogP contribution in [0.5, 0.6) is 0 Å². The Balaban J connectivity index is 2.15. The van der Waals surface area contributed by atoms with Gasteiger partial charge < -0.3 is 0 Å². The molecule has 0 bridgehead atoms. The van der Waals surface area contributed by atoms with E-state index in [0.29, 0.717) is 10.0 Å². The van der Waals surface area contributed by atoms with Crippen LogP contribution in [0.4, 0.5) is 4.39 Å². The molecule has 0 spiro atoms. The Bertz CT molecular complexity index is 714. The molecule has 6 heteroatoms. The molecule has 106 valence electrons. The van der Waals surface area contributed by atoms with Crippen LogP contribution in [0.15, 0.2) is 51.8 Å². The van der Waals surface area contributed by atoms with Gasteiger partial charge >= 0.3 is 0 Å². The molecule has 2 rings (SSSR count). The number of nitrogens with one attached hydrogen (secondary N) is 1. The normalized spacial score (nSPS) is 11.6. The monoisotopic (exact) mass is 357 g/mol. The molecule has 2 aromatic rings. The average Bonchev–Trinajstić information content (AvgIpc) is 2.38. The minimum Gasteiger partial charge on any atom is -0.207 e. The molecular weight excluding hydrogens is 345 g/mol. The van der Waals surface area contributed by atoms with Gasteiger partial charge in [0.25, 0.3) is 0 Å². The number of aryl methyl sites for hydroxylation is 1. The van der Waals surface area contributed by atoms with Crippen LogP contribution in [-0.2, 0) is 16.6 Å². The highest BCUT2D eigenvalue weighted by Crippen LogP contribution is 2.16. The second-order valence-corrected chi connectivity index (χ2v) is 7.06. The van der Waals surface area contributed by atoms with Crippen LogP contribution in [0, 0.1) is 12.7 Å². The zero-order valence-corrected chi connectivity index (χ0v) is 13.1. The second-order valence-electron chi connectivity index (χ2n) is 4.37. The molecule has 0 aromatic heterocycles. The van der Waals surface area contributed by atoms with Crippen molar-refractivity contribution in [1.29, 1.82) is 0 Å². The molecule has 20 heavy (non-hydrogen) atoms. The van der Waals surface area contributed by atoms with Gasteiger partial charge in [0.2, 0.25) is 10.0 Å². The summed E-state index contributed by atoms with van der Waals surface area (Å²) in [4.78, 5) is 0.167. The van der Waals surface area contributed by atoms with Crippen molar-refractivity contribution in [3.05, 3.63) is 63.9 Å². The van der Waals surface area contributed by atoms with Gasteiger partial charge in [-0.2, -0.15) is 0 Å². The summed E-state index contributed by atoms with van der Waals surface area (Å²) in [5, 5.41) is 0. The minimum atomic E-state index is -3.63. The van der Waals surface area contributed by atoms with Crippen molar-refractivity contribution >= 4 is 26.0 Å². The molecule has 0 atom stereocenters. The Kier molecular flexibility index (Phi) is 4.57. The van der Waals surface area contributed by atoms with Gasteiger partial charge in [-0.1, -0.05) is 39.7 Å². The lowest BCUT2D eigenvalue weighted by atomic mass is 10.2. The first-order valence-electron chi connectivity index (χ1n) is 5.89. The summed E-state index contributed by atoms with van der Waals surface area (Å²) in [6.45, 7) is 1.79. The van der Waals surface area contributed by atoms with E-state index in [2.05, 4.69) is 20.7 Å². The molecule has 0 heterocycles. The first-order valence-corrected chi connectivity index (χ1v) is 8.16. The predicted octanol–water partition coefficient (Wildman–Crippen LogP) is 3.38. The molecule has 2 aromatic carbocycles. The molecule has 0 saturated heterocycles. The van der Waals surface area contributed by atoms with Gasteiger partial charge in [-0.25, -0.2) is 17.5 Å². The van der Waals surface area contributed by atoms with Crippen molar-refractivity contribution < 1.29 is 12.8 Å².